The summed E-state index contributed by atoms with van der Waals surface area (Å²) in [4.78, 5) is 15.9. The molecule has 2 rings (SSSR count). The maximum absolute atomic E-state index is 11.7. The molecule has 0 amide bonds. The average molecular weight is 277 g/mol. The minimum absolute atomic E-state index is 0.186. The van der Waals surface area contributed by atoms with E-state index in [1.807, 2.05) is 26.2 Å². The Morgan fingerprint density at radius 3 is 2.85 bits per heavy atom. The highest BCUT2D eigenvalue weighted by molar-refractivity contribution is 5.92. The lowest BCUT2D eigenvalue weighted by Crippen LogP contribution is -2.11. The van der Waals surface area contributed by atoms with E-state index in [-0.39, 0.29) is 5.69 Å². The molecule has 0 saturated carbocycles. The fourth-order valence-electron chi connectivity index (χ4n) is 2.04. The minimum Gasteiger partial charge on any atom is -0.461 e. The molecule has 0 fully saturated rings. The molecule has 2 aromatic heterocycles. The molecule has 2 N–H and O–H groups in total. The van der Waals surface area contributed by atoms with Crippen molar-refractivity contribution in [1.29, 1.82) is 0 Å². The number of esters is 1. The minimum atomic E-state index is -0.482. The molecule has 20 heavy (non-hydrogen) atoms. The summed E-state index contributed by atoms with van der Waals surface area (Å²) in [5.74, 6) is 0.558. The number of aryl methyl sites for hydroxylation is 3. The zero-order valence-corrected chi connectivity index (χ0v) is 12.0. The van der Waals surface area contributed by atoms with Crippen LogP contribution in [0.4, 0.5) is 5.82 Å². The van der Waals surface area contributed by atoms with Crippen LogP contribution in [0.3, 0.4) is 0 Å². The van der Waals surface area contributed by atoms with E-state index in [1.165, 1.54) is 0 Å². The number of anilines is 1. The van der Waals surface area contributed by atoms with Gasteiger partial charge in [0.2, 0.25) is 0 Å². The van der Waals surface area contributed by atoms with Crippen LogP contribution in [0.2, 0.25) is 0 Å². The lowest BCUT2D eigenvalue weighted by Gasteiger charge is -2.06. The van der Waals surface area contributed by atoms with Gasteiger partial charge < -0.3 is 15.0 Å². The number of hydrogen-bond acceptors (Lipinski definition) is 5. The van der Waals surface area contributed by atoms with Gasteiger partial charge in [0.25, 0.3) is 0 Å². The van der Waals surface area contributed by atoms with Gasteiger partial charge in [-0.05, 0) is 19.9 Å². The van der Waals surface area contributed by atoms with Crippen LogP contribution < -0.4 is 5.73 Å². The Morgan fingerprint density at radius 1 is 1.50 bits per heavy atom. The van der Waals surface area contributed by atoms with Gasteiger partial charge in [0.05, 0.1) is 12.3 Å². The second-order valence-corrected chi connectivity index (χ2v) is 4.50. The molecule has 0 spiro atoms. The van der Waals surface area contributed by atoms with Crippen molar-refractivity contribution in [3.05, 3.63) is 29.5 Å². The standard InChI is InChI=1S/C13H19N5O2/c1-4-20-13(19)11-12(14)18(9(2)15-11)8-6-10-5-7-17(3)16-10/h5,7H,4,6,8,14H2,1-3H3. The van der Waals surface area contributed by atoms with E-state index >= 15 is 0 Å². The van der Waals surface area contributed by atoms with Gasteiger partial charge in [-0.2, -0.15) is 5.10 Å². The van der Waals surface area contributed by atoms with Gasteiger partial charge in [-0.3, -0.25) is 4.68 Å². The highest BCUT2D eigenvalue weighted by atomic mass is 16.5. The molecule has 108 valence electrons. The lowest BCUT2D eigenvalue weighted by molar-refractivity contribution is 0.0521. The van der Waals surface area contributed by atoms with Crippen LogP contribution in [0.5, 0.6) is 0 Å². The van der Waals surface area contributed by atoms with E-state index in [1.54, 1.807) is 16.2 Å². The van der Waals surface area contributed by atoms with Gasteiger partial charge in [0.1, 0.15) is 11.6 Å². The highest BCUT2D eigenvalue weighted by Crippen LogP contribution is 2.16. The Labute approximate surface area is 117 Å². The molecule has 7 nitrogen and oxygen atoms in total. The molecule has 0 bridgehead atoms. The van der Waals surface area contributed by atoms with Crippen molar-refractivity contribution in [1.82, 2.24) is 19.3 Å². The summed E-state index contributed by atoms with van der Waals surface area (Å²) < 4.78 is 8.49. The predicted octanol–water partition coefficient (Wildman–Crippen LogP) is 0.927. The summed E-state index contributed by atoms with van der Waals surface area (Å²) in [7, 11) is 1.87. The van der Waals surface area contributed by atoms with E-state index in [0.29, 0.717) is 24.8 Å². The molecule has 0 atom stereocenters. The van der Waals surface area contributed by atoms with Crippen molar-refractivity contribution in [3.63, 3.8) is 0 Å². The summed E-state index contributed by atoms with van der Waals surface area (Å²) >= 11 is 0. The SMILES string of the molecule is CCOC(=O)c1nc(C)n(CCc2ccn(C)n2)c1N. The molecule has 7 heteroatoms. The number of rotatable bonds is 5. The monoisotopic (exact) mass is 277 g/mol. The molecule has 0 aliphatic heterocycles. The number of carbonyl (C=O) groups excluding carboxylic acids is 1. The van der Waals surface area contributed by atoms with Crippen LogP contribution in [0, 0.1) is 6.92 Å². The molecule has 0 radical (unpaired) electrons. The van der Waals surface area contributed by atoms with E-state index in [0.717, 1.165) is 12.1 Å². The zero-order valence-electron chi connectivity index (χ0n) is 12.0. The van der Waals surface area contributed by atoms with Crippen molar-refractivity contribution in [3.8, 4) is 0 Å². The molecular formula is C13H19N5O2. The Morgan fingerprint density at radius 2 is 2.25 bits per heavy atom. The second kappa shape index (κ2) is 5.77. The van der Waals surface area contributed by atoms with E-state index in [4.69, 9.17) is 10.5 Å². The molecule has 2 heterocycles. The number of imidazole rings is 1. The second-order valence-electron chi connectivity index (χ2n) is 4.50. The predicted molar refractivity (Wildman–Crippen MR) is 74.2 cm³/mol. The smallest absolute Gasteiger partial charge is 0.360 e. The molecule has 0 unspecified atom stereocenters. The van der Waals surface area contributed by atoms with Gasteiger partial charge >= 0.3 is 5.97 Å². The van der Waals surface area contributed by atoms with Crippen molar-refractivity contribution in [2.75, 3.05) is 12.3 Å². The summed E-state index contributed by atoms with van der Waals surface area (Å²) in [6.45, 7) is 4.50. The van der Waals surface area contributed by atoms with Gasteiger partial charge in [0.15, 0.2) is 5.69 Å². The summed E-state index contributed by atoms with van der Waals surface area (Å²) in [6, 6.07) is 1.95. The van der Waals surface area contributed by atoms with Crippen molar-refractivity contribution < 1.29 is 9.53 Å². The van der Waals surface area contributed by atoms with Crippen LogP contribution >= 0.6 is 0 Å². The molecule has 0 saturated heterocycles. The third kappa shape index (κ3) is 2.81. The number of nitrogens with zero attached hydrogens (tertiary/aromatic N) is 4. The summed E-state index contributed by atoms with van der Waals surface area (Å²) in [5.41, 5.74) is 7.13. The largest absolute Gasteiger partial charge is 0.461 e. The van der Waals surface area contributed by atoms with Crippen molar-refractivity contribution >= 4 is 11.8 Å². The Bertz CT molecular complexity index is 614. The van der Waals surface area contributed by atoms with Gasteiger partial charge in [-0.1, -0.05) is 0 Å². The first-order valence-corrected chi connectivity index (χ1v) is 6.51. The van der Waals surface area contributed by atoms with Crippen LogP contribution in [-0.4, -0.2) is 31.9 Å². The zero-order chi connectivity index (χ0) is 14.7. The fourth-order valence-corrected chi connectivity index (χ4v) is 2.04. The van der Waals surface area contributed by atoms with E-state index in [9.17, 15) is 4.79 Å². The maximum atomic E-state index is 11.7. The number of carbonyl (C=O) groups is 1. The first-order valence-electron chi connectivity index (χ1n) is 6.51. The lowest BCUT2D eigenvalue weighted by atomic mass is 10.3. The Balaban J connectivity index is 2.14. The number of nitrogen functional groups attached to an aromatic ring is 1. The van der Waals surface area contributed by atoms with Crippen LogP contribution in [-0.2, 0) is 24.8 Å². The summed E-state index contributed by atoms with van der Waals surface area (Å²) in [6.07, 6.45) is 2.62. The van der Waals surface area contributed by atoms with Crippen molar-refractivity contribution in [2.24, 2.45) is 7.05 Å². The number of nitrogens with two attached hydrogens (primary N) is 1. The number of hydrogen-bond donors (Lipinski definition) is 1. The van der Waals surface area contributed by atoms with E-state index in [2.05, 4.69) is 10.1 Å². The van der Waals surface area contributed by atoms with Gasteiger partial charge in [-0.25, -0.2) is 9.78 Å². The molecule has 2 aromatic rings. The topological polar surface area (TPSA) is 88.0 Å². The molecule has 0 aliphatic carbocycles. The molecule has 0 aliphatic rings. The normalized spacial score (nSPS) is 10.8. The highest BCUT2D eigenvalue weighted by Gasteiger charge is 2.19. The Kier molecular flexibility index (Phi) is 4.07. The fraction of sp³-hybridized carbons (Fsp3) is 0.462. The number of aromatic nitrogens is 4. The van der Waals surface area contributed by atoms with Crippen molar-refractivity contribution in [2.45, 2.75) is 26.8 Å². The first-order chi connectivity index (χ1) is 9.52. The quantitative estimate of drug-likeness (QED) is 0.821. The maximum Gasteiger partial charge on any atom is 0.360 e. The number of ether oxygens (including phenoxy) is 1. The average Bonchev–Trinajstić information content (AvgIpc) is 2.92. The third-order valence-electron chi connectivity index (χ3n) is 3.03. The van der Waals surface area contributed by atoms with Crippen LogP contribution in [0.15, 0.2) is 12.3 Å². The van der Waals surface area contributed by atoms with Crippen LogP contribution in [0.25, 0.3) is 0 Å². The summed E-state index contributed by atoms with van der Waals surface area (Å²) in [5, 5.41) is 4.31. The first kappa shape index (κ1) is 14.1. The van der Waals surface area contributed by atoms with Gasteiger partial charge in [0, 0.05) is 26.2 Å². The van der Waals surface area contributed by atoms with E-state index < -0.39 is 5.97 Å². The molecule has 0 aromatic carbocycles. The Hall–Kier alpha value is -2.31. The third-order valence-corrected chi connectivity index (χ3v) is 3.03. The van der Waals surface area contributed by atoms with Gasteiger partial charge in [-0.15, -0.1) is 0 Å². The molecular weight excluding hydrogens is 258 g/mol. The van der Waals surface area contributed by atoms with Crippen LogP contribution in [0.1, 0.15) is 28.9 Å².